The van der Waals surface area contributed by atoms with Crippen molar-refractivity contribution in [2.45, 2.75) is 31.3 Å². The molecule has 1 aromatic heterocycles. The van der Waals surface area contributed by atoms with Crippen molar-refractivity contribution in [3.05, 3.63) is 64.9 Å². The predicted molar refractivity (Wildman–Crippen MR) is 117 cm³/mol. The van der Waals surface area contributed by atoms with E-state index in [2.05, 4.69) is 5.32 Å². The molecule has 3 aromatic rings. The highest BCUT2D eigenvalue weighted by Crippen LogP contribution is 2.34. The maximum atomic E-state index is 13.2. The Labute approximate surface area is 178 Å². The van der Waals surface area contributed by atoms with Gasteiger partial charge in [-0.05, 0) is 35.7 Å². The molecule has 152 valence electrons. The number of piperidine rings is 1. The van der Waals surface area contributed by atoms with E-state index in [9.17, 15) is 14.4 Å². The van der Waals surface area contributed by atoms with Gasteiger partial charge in [-0.1, -0.05) is 42.5 Å². The summed E-state index contributed by atoms with van der Waals surface area (Å²) in [4.78, 5) is 42.6. The van der Waals surface area contributed by atoms with E-state index in [0.717, 1.165) is 15.6 Å². The number of nitrogens with zero attached hydrogens (tertiary/aromatic N) is 2. The Kier molecular flexibility index (Phi) is 4.75. The number of anilines is 1. The van der Waals surface area contributed by atoms with Gasteiger partial charge in [0.05, 0.1) is 12.1 Å². The average Bonchev–Trinajstić information content (AvgIpc) is 3.34. The molecule has 0 bridgehead atoms. The third kappa shape index (κ3) is 3.25. The fourth-order valence-corrected chi connectivity index (χ4v) is 5.11. The second kappa shape index (κ2) is 7.57. The fourth-order valence-electron chi connectivity index (χ4n) is 4.41. The summed E-state index contributed by atoms with van der Waals surface area (Å²) >= 11 is 1.55. The van der Waals surface area contributed by atoms with Gasteiger partial charge in [-0.2, -0.15) is 0 Å². The molecule has 2 aliphatic heterocycles. The number of carbonyl (C=O) groups excluding carboxylic acids is 3. The summed E-state index contributed by atoms with van der Waals surface area (Å²) in [6.45, 7) is 0.459. The Hall–Kier alpha value is -3.19. The first-order chi connectivity index (χ1) is 14.6. The van der Waals surface area contributed by atoms with Crippen LogP contribution in [0.1, 0.15) is 17.7 Å². The fraction of sp³-hybridized carbons (Fsp3) is 0.261. The molecule has 4 amide bonds. The van der Waals surface area contributed by atoms with E-state index >= 15 is 0 Å². The Balaban J connectivity index is 1.34. The normalized spacial score (nSPS) is 21.2. The average molecular weight is 420 g/mol. The van der Waals surface area contributed by atoms with Crippen molar-refractivity contribution in [2.75, 3.05) is 11.4 Å². The molecule has 2 saturated heterocycles. The molecule has 7 heteroatoms. The summed E-state index contributed by atoms with van der Waals surface area (Å²) in [6, 6.07) is 16.3. The van der Waals surface area contributed by atoms with Gasteiger partial charge in [0.2, 0.25) is 5.91 Å². The highest BCUT2D eigenvalue weighted by Gasteiger charge is 2.49. The van der Waals surface area contributed by atoms with Crippen molar-refractivity contribution in [3.8, 4) is 0 Å². The summed E-state index contributed by atoms with van der Waals surface area (Å²) in [5.74, 6) is -0.257. The van der Waals surface area contributed by atoms with E-state index in [0.29, 0.717) is 31.5 Å². The van der Waals surface area contributed by atoms with Gasteiger partial charge in [-0.3, -0.25) is 9.59 Å². The minimum atomic E-state index is -0.530. The molecular formula is C23H21N3O3S. The molecule has 1 N–H and O–H groups in total. The van der Waals surface area contributed by atoms with Crippen LogP contribution in [0.2, 0.25) is 0 Å². The Morgan fingerprint density at radius 1 is 1.07 bits per heavy atom. The van der Waals surface area contributed by atoms with Crippen LogP contribution in [-0.2, 0) is 16.0 Å². The van der Waals surface area contributed by atoms with Crippen LogP contribution in [0.4, 0.5) is 10.5 Å². The smallest absolute Gasteiger partial charge is 0.332 e. The number of hydrogen-bond donors (Lipinski definition) is 1. The standard InChI is InChI=1S/C23H21N3O3S/c27-21(14-17-7-4-12-30-17)24-16-10-11-25-20(13-16)22(28)26(23(25)29)19-9-3-6-15-5-1-2-8-18(15)19/h1-9,12,16,20H,10-11,13-14H2,(H,24,27)/t16-,20+/m0/s1. The van der Waals surface area contributed by atoms with E-state index in [1.165, 1.54) is 4.90 Å². The quantitative estimate of drug-likeness (QED) is 0.658. The SMILES string of the molecule is O=C(Cc1cccs1)N[C@H]1CCN2C(=O)N(c3cccc4ccccc34)C(=O)[C@H]2C1. The van der Waals surface area contributed by atoms with Crippen LogP contribution < -0.4 is 10.2 Å². The molecule has 0 saturated carbocycles. The van der Waals surface area contributed by atoms with Crippen molar-refractivity contribution in [3.63, 3.8) is 0 Å². The zero-order valence-electron chi connectivity index (χ0n) is 16.3. The number of benzene rings is 2. The van der Waals surface area contributed by atoms with Gasteiger partial charge in [0, 0.05) is 22.8 Å². The number of hydrogen-bond acceptors (Lipinski definition) is 4. The zero-order chi connectivity index (χ0) is 20.7. The zero-order valence-corrected chi connectivity index (χ0v) is 17.1. The van der Waals surface area contributed by atoms with E-state index in [1.54, 1.807) is 16.2 Å². The number of fused-ring (bicyclic) bond motifs is 2. The molecule has 2 aromatic carbocycles. The first-order valence-electron chi connectivity index (χ1n) is 10.1. The Morgan fingerprint density at radius 2 is 1.90 bits per heavy atom. The van der Waals surface area contributed by atoms with Gasteiger partial charge in [-0.15, -0.1) is 11.3 Å². The topological polar surface area (TPSA) is 69.7 Å². The molecular weight excluding hydrogens is 398 g/mol. The lowest BCUT2D eigenvalue weighted by Gasteiger charge is -2.32. The number of urea groups is 1. The summed E-state index contributed by atoms with van der Waals surface area (Å²) in [5.41, 5.74) is 0.621. The van der Waals surface area contributed by atoms with Gasteiger partial charge in [0.1, 0.15) is 6.04 Å². The number of thiophene rings is 1. The van der Waals surface area contributed by atoms with Crippen LogP contribution in [0, 0.1) is 0 Å². The molecule has 30 heavy (non-hydrogen) atoms. The van der Waals surface area contributed by atoms with Gasteiger partial charge in [0.15, 0.2) is 0 Å². The van der Waals surface area contributed by atoms with Crippen LogP contribution >= 0.6 is 11.3 Å². The van der Waals surface area contributed by atoms with Crippen molar-refractivity contribution >= 4 is 45.6 Å². The molecule has 0 radical (unpaired) electrons. The minimum Gasteiger partial charge on any atom is -0.353 e. The molecule has 2 atom stereocenters. The summed E-state index contributed by atoms with van der Waals surface area (Å²) in [6.07, 6.45) is 1.44. The second-order valence-electron chi connectivity index (χ2n) is 7.71. The maximum Gasteiger partial charge on any atom is 0.332 e. The lowest BCUT2D eigenvalue weighted by Crippen LogP contribution is -2.50. The summed E-state index contributed by atoms with van der Waals surface area (Å²) < 4.78 is 0. The van der Waals surface area contributed by atoms with Crippen LogP contribution in [-0.4, -0.2) is 41.4 Å². The van der Waals surface area contributed by atoms with Gasteiger partial charge in [-0.25, -0.2) is 9.69 Å². The third-order valence-electron chi connectivity index (χ3n) is 5.83. The van der Waals surface area contributed by atoms with E-state index in [-0.39, 0.29) is 23.9 Å². The third-order valence-corrected chi connectivity index (χ3v) is 6.71. The highest BCUT2D eigenvalue weighted by atomic mass is 32.1. The Bertz CT molecular complexity index is 1120. The minimum absolute atomic E-state index is 0.0430. The number of carbonyl (C=O) groups is 3. The van der Waals surface area contributed by atoms with E-state index in [1.807, 2.05) is 60.0 Å². The van der Waals surface area contributed by atoms with Crippen LogP contribution in [0.25, 0.3) is 10.8 Å². The number of rotatable bonds is 4. The lowest BCUT2D eigenvalue weighted by molar-refractivity contribution is -0.123. The van der Waals surface area contributed by atoms with Gasteiger partial charge < -0.3 is 10.2 Å². The maximum absolute atomic E-state index is 13.2. The van der Waals surface area contributed by atoms with Crippen molar-refractivity contribution in [2.24, 2.45) is 0 Å². The Morgan fingerprint density at radius 3 is 2.73 bits per heavy atom. The monoisotopic (exact) mass is 419 g/mol. The molecule has 2 aliphatic rings. The van der Waals surface area contributed by atoms with Gasteiger partial charge in [0.25, 0.3) is 5.91 Å². The molecule has 5 rings (SSSR count). The molecule has 0 unspecified atom stereocenters. The predicted octanol–water partition coefficient (Wildman–Crippen LogP) is 3.56. The van der Waals surface area contributed by atoms with Crippen molar-refractivity contribution < 1.29 is 14.4 Å². The van der Waals surface area contributed by atoms with Crippen LogP contribution in [0.5, 0.6) is 0 Å². The van der Waals surface area contributed by atoms with E-state index in [4.69, 9.17) is 0 Å². The second-order valence-corrected chi connectivity index (χ2v) is 8.74. The molecule has 0 aliphatic carbocycles. The summed E-state index contributed by atoms with van der Waals surface area (Å²) in [5, 5.41) is 6.86. The molecule has 0 spiro atoms. The first-order valence-corrected chi connectivity index (χ1v) is 10.9. The van der Waals surface area contributed by atoms with Crippen LogP contribution in [0.3, 0.4) is 0 Å². The molecule has 6 nitrogen and oxygen atoms in total. The number of amides is 4. The van der Waals surface area contributed by atoms with E-state index < -0.39 is 6.04 Å². The van der Waals surface area contributed by atoms with Gasteiger partial charge >= 0.3 is 6.03 Å². The first kappa shape index (κ1) is 18.8. The number of imide groups is 1. The molecule has 3 heterocycles. The largest absolute Gasteiger partial charge is 0.353 e. The lowest BCUT2D eigenvalue weighted by atomic mass is 9.97. The highest BCUT2D eigenvalue weighted by molar-refractivity contribution is 7.10. The summed E-state index contributed by atoms with van der Waals surface area (Å²) in [7, 11) is 0. The van der Waals surface area contributed by atoms with Crippen molar-refractivity contribution in [1.29, 1.82) is 0 Å². The van der Waals surface area contributed by atoms with Crippen LogP contribution in [0.15, 0.2) is 60.0 Å². The number of nitrogens with one attached hydrogen (secondary N) is 1. The molecule has 2 fully saturated rings. The van der Waals surface area contributed by atoms with Crippen molar-refractivity contribution in [1.82, 2.24) is 10.2 Å².